The van der Waals surface area contributed by atoms with Crippen LogP contribution in [0.15, 0.2) is 34.9 Å². The number of ether oxygens (including phenoxy) is 2. The first kappa shape index (κ1) is 26.8. The first-order valence-electron chi connectivity index (χ1n) is 11.6. The molecule has 200 valence electrons. The molecular formula is C23H26F4N6O3S. The van der Waals surface area contributed by atoms with Crippen molar-refractivity contribution in [3.63, 3.8) is 0 Å². The number of halogens is 4. The van der Waals surface area contributed by atoms with Crippen molar-refractivity contribution in [2.24, 2.45) is 11.0 Å². The normalized spacial score (nSPS) is 22.5. The van der Waals surface area contributed by atoms with Crippen LogP contribution in [0, 0.1) is 11.7 Å². The van der Waals surface area contributed by atoms with Crippen molar-refractivity contribution in [1.29, 1.82) is 0 Å². The van der Waals surface area contributed by atoms with Crippen molar-refractivity contribution in [1.82, 2.24) is 15.6 Å². The summed E-state index contributed by atoms with van der Waals surface area (Å²) in [5, 5.41) is 18.6. The fourth-order valence-electron chi connectivity index (χ4n) is 4.43. The number of anilines is 2. The third-order valence-electron chi connectivity index (χ3n) is 6.15. The van der Waals surface area contributed by atoms with Crippen LogP contribution in [0.4, 0.5) is 27.8 Å². The maximum Gasteiger partial charge on any atom is 0.573 e. The highest BCUT2D eigenvalue weighted by Crippen LogP contribution is 2.33. The Morgan fingerprint density at radius 2 is 1.92 bits per heavy atom. The molecule has 1 fully saturated rings. The Bertz CT molecular complexity index is 1160. The summed E-state index contributed by atoms with van der Waals surface area (Å²) < 4.78 is 60.8. The SMILES string of the molecule is COC(C(=O)Nc1nnc(NC2CCC(C3C=C(C)C=NN3)CC2)s1)c1cc(OC(F)(F)F)ccc1F. The molecule has 2 unspecified atom stereocenters. The van der Waals surface area contributed by atoms with Crippen molar-refractivity contribution < 1.29 is 31.8 Å². The molecule has 0 saturated heterocycles. The second kappa shape index (κ2) is 11.4. The Balaban J connectivity index is 1.33. The molecule has 9 nitrogen and oxygen atoms in total. The van der Waals surface area contributed by atoms with E-state index in [0.717, 1.165) is 67.9 Å². The van der Waals surface area contributed by atoms with Gasteiger partial charge in [0.25, 0.3) is 5.91 Å². The van der Waals surface area contributed by atoms with Crippen molar-refractivity contribution >= 4 is 33.7 Å². The van der Waals surface area contributed by atoms with Gasteiger partial charge in [0.1, 0.15) is 11.6 Å². The number of hydrogen-bond donors (Lipinski definition) is 3. The molecule has 2 aliphatic rings. The topological polar surface area (TPSA) is 110 Å². The molecule has 1 aromatic carbocycles. The van der Waals surface area contributed by atoms with Crippen molar-refractivity contribution in [3.05, 3.63) is 41.2 Å². The summed E-state index contributed by atoms with van der Waals surface area (Å²) in [4.78, 5) is 12.7. The number of alkyl halides is 3. The fraction of sp³-hybridized carbons (Fsp3) is 0.478. The summed E-state index contributed by atoms with van der Waals surface area (Å²) in [6, 6.07) is 2.78. The molecule has 1 amide bonds. The Labute approximate surface area is 214 Å². The van der Waals surface area contributed by atoms with Crippen molar-refractivity contribution in [3.8, 4) is 5.75 Å². The zero-order valence-electron chi connectivity index (χ0n) is 20.0. The number of carbonyl (C=O) groups excluding carboxylic acids is 1. The number of hydrazone groups is 1. The molecule has 2 atom stereocenters. The highest BCUT2D eigenvalue weighted by molar-refractivity contribution is 7.19. The van der Waals surface area contributed by atoms with E-state index in [1.807, 2.05) is 6.92 Å². The molecule has 0 radical (unpaired) electrons. The van der Waals surface area contributed by atoms with Crippen LogP contribution in [-0.2, 0) is 9.53 Å². The monoisotopic (exact) mass is 542 g/mol. The lowest BCUT2D eigenvalue weighted by Crippen LogP contribution is -2.38. The number of benzene rings is 1. The Morgan fingerprint density at radius 3 is 2.59 bits per heavy atom. The van der Waals surface area contributed by atoms with E-state index in [9.17, 15) is 22.4 Å². The molecule has 0 bridgehead atoms. The lowest BCUT2D eigenvalue weighted by atomic mass is 9.81. The number of nitrogens with zero attached hydrogens (tertiary/aromatic N) is 3. The molecule has 1 saturated carbocycles. The molecule has 0 spiro atoms. The van der Waals surface area contributed by atoms with Crippen molar-refractivity contribution in [2.45, 2.75) is 57.2 Å². The van der Waals surface area contributed by atoms with Crippen LogP contribution >= 0.6 is 11.3 Å². The van der Waals surface area contributed by atoms with Crippen LogP contribution < -0.4 is 20.8 Å². The lowest BCUT2D eigenvalue weighted by molar-refractivity contribution is -0.274. The number of hydrogen-bond acceptors (Lipinski definition) is 9. The van der Waals surface area contributed by atoms with Gasteiger partial charge in [-0.1, -0.05) is 17.4 Å². The van der Waals surface area contributed by atoms with Gasteiger partial charge in [0, 0.05) is 24.9 Å². The van der Waals surface area contributed by atoms with E-state index in [0.29, 0.717) is 11.0 Å². The highest BCUT2D eigenvalue weighted by atomic mass is 32.1. The number of aromatic nitrogens is 2. The van der Waals surface area contributed by atoms with Crippen LogP contribution in [-0.4, -0.2) is 47.9 Å². The van der Waals surface area contributed by atoms with Gasteiger partial charge in [-0.3, -0.25) is 10.1 Å². The number of methoxy groups -OCH3 is 1. The van der Waals surface area contributed by atoms with Crippen LogP contribution in [0.25, 0.3) is 0 Å². The quantitative estimate of drug-likeness (QED) is 0.412. The summed E-state index contributed by atoms with van der Waals surface area (Å²) in [5.41, 5.74) is 3.90. The van der Waals surface area contributed by atoms with Gasteiger partial charge in [0.15, 0.2) is 6.10 Å². The average Bonchev–Trinajstić information content (AvgIpc) is 3.27. The second-order valence-electron chi connectivity index (χ2n) is 8.83. The van der Waals surface area contributed by atoms with Gasteiger partial charge in [-0.05, 0) is 62.3 Å². The van der Waals surface area contributed by atoms with E-state index < -0.39 is 35.5 Å². The van der Waals surface area contributed by atoms with E-state index in [1.54, 1.807) is 6.21 Å². The van der Waals surface area contributed by atoms with E-state index in [4.69, 9.17) is 4.74 Å². The maximum atomic E-state index is 14.3. The molecule has 1 aliphatic carbocycles. The fourth-order valence-corrected chi connectivity index (χ4v) is 5.15. The smallest absolute Gasteiger partial charge is 0.406 e. The average molecular weight is 543 g/mol. The summed E-state index contributed by atoms with van der Waals surface area (Å²) in [6.45, 7) is 2.03. The Morgan fingerprint density at radius 1 is 1.19 bits per heavy atom. The van der Waals surface area contributed by atoms with Gasteiger partial charge < -0.3 is 20.2 Å². The number of nitrogens with one attached hydrogen (secondary N) is 3. The van der Waals surface area contributed by atoms with Gasteiger partial charge in [0.05, 0.1) is 6.04 Å². The second-order valence-corrected chi connectivity index (χ2v) is 9.81. The zero-order chi connectivity index (χ0) is 26.6. The number of allylic oxidation sites excluding steroid dienone is 1. The molecule has 1 aromatic heterocycles. The standard InChI is InChI=1S/C23H26F4N6O3S/c1-12-9-18(31-28-11-12)13-3-5-14(6-4-13)29-21-32-33-22(37-21)30-20(34)19(35-2)16-10-15(7-8-17(16)24)36-23(25,26)27/h7-11,13-14,18-19,31H,3-6H2,1-2H3,(H,29,32)(H,30,33,34). The molecular weight excluding hydrogens is 516 g/mol. The minimum atomic E-state index is -4.97. The van der Waals surface area contributed by atoms with Crippen LogP contribution in [0.1, 0.15) is 44.3 Å². The summed E-state index contributed by atoms with van der Waals surface area (Å²) >= 11 is 1.09. The zero-order valence-corrected chi connectivity index (χ0v) is 20.8. The molecule has 2 heterocycles. The summed E-state index contributed by atoms with van der Waals surface area (Å²) in [7, 11) is 1.14. The largest absolute Gasteiger partial charge is 0.573 e. The number of carbonyl (C=O) groups is 1. The molecule has 2 aromatic rings. The van der Waals surface area contributed by atoms with E-state index in [-0.39, 0.29) is 17.2 Å². The van der Waals surface area contributed by atoms with Crippen LogP contribution in [0.2, 0.25) is 0 Å². The molecule has 14 heteroatoms. The van der Waals surface area contributed by atoms with Crippen LogP contribution in [0.3, 0.4) is 0 Å². The van der Waals surface area contributed by atoms with Gasteiger partial charge >= 0.3 is 6.36 Å². The van der Waals surface area contributed by atoms with Gasteiger partial charge in [-0.2, -0.15) is 5.10 Å². The molecule has 1 aliphatic heterocycles. The van der Waals surface area contributed by atoms with E-state index in [2.05, 4.69) is 42.2 Å². The Hall–Kier alpha value is -3.26. The lowest BCUT2D eigenvalue weighted by Gasteiger charge is -2.33. The third-order valence-corrected chi connectivity index (χ3v) is 6.92. The predicted octanol–water partition coefficient (Wildman–Crippen LogP) is 4.78. The third kappa shape index (κ3) is 7.16. The minimum absolute atomic E-state index is 0.135. The first-order valence-corrected chi connectivity index (χ1v) is 12.4. The van der Waals surface area contributed by atoms with Crippen LogP contribution in [0.5, 0.6) is 5.75 Å². The van der Waals surface area contributed by atoms with Crippen molar-refractivity contribution in [2.75, 3.05) is 17.7 Å². The minimum Gasteiger partial charge on any atom is -0.406 e. The predicted molar refractivity (Wildman–Crippen MR) is 130 cm³/mol. The first-order chi connectivity index (χ1) is 17.6. The molecule has 37 heavy (non-hydrogen) atoms. The maximum absolute atomic E-state index is 14.3. The van der Waals surface area contributed by atoms with Gasteiger partial charge in [-0.25, -0.2) is 4.39 Å². The van der Waals surface area contributed by atoms with E-state index >= 15 is 0 Å². The molecule has 4 rings (SSSR count). The van der Waals surface area contributed by atoms with E-state index in [1.165, 1.54) is 0 Å². The molecule has 3 N–H and O–H groups in total. The highest BCUT2D eigenvalue weighted by Gasteiger charge is 2.33. The van der Waals surface area contributed by atoms with Gasteiger partial charge in [0.2, 0.25) is 10.3 Å². The number of rotatable bonds is 8. The number of amides is 1. The van der Waals surface area contributed by atoms with Gasteiger partial charge in [-0.15, -0.1) is 23.4 Å². The summed E-state index contributed by atoms with van der Waals surface area (Å²) in [5.74, 6) is -1.93. The summed E-state index contributed by atoms with van der Waals surface area (Å²) in [6.07, 6.45) is 1.38. The Kier molecular flexibility index (Phi) is 8.27.